The van der Waals surface area contributed by atoms with Crippen LogP contribution in [0.4, 0.5) is 4.79 Å². The molecule has 0 radical (unpaired) electrons. The van der Waals surface area contributed by atoms with Gasteiger partial charge in [0.1, 0.15) is 11.6 Å². The van der Waals surface area contributed by atoms with Gasteiger partial charge in [0.2, 0.25) is 5.91 Å². The zero-order valence-corrected chi connectivity index (χ0v) is 17.0. The van der Waals surface area contributed by atoms with Gasteiger partial charge in [0.25, 0.3) is 0 Å². The Morgan fingerprint density at radius 1 is 1.15 bits per heavy atom. The van der Waals surface area contributed by atoms with Gasteiger partial charge in [-0.15, -0.1) is 0 Å². The number of carbonyl (C=O) groups excluding carboxylic acids is 2. The fourth-order valence-electron chi connectivity index (χ4n) is 2.19. The first-order valence-electron chi connectivity index (χ1n) is 9.10. The summed E-state index contributed by atoms with van der Waals surface area (Å²) in [7, 11) is 0. The van der Waals surface area contributed by atoms with Crippen molar-refractivity contribution in [3.05, 3.63) is 36.0 Å². The highest BCUT2D eigenvalue weighted by molar-refractivity contribution is 5.87. The maximum atomic E-state index is 11.8. The Kier molecular flexibility index (Phi) is 10.1. The van der Waals surface area contributed by atoms with E-state index in [1.807, 2.05) is 58.2 Å². The Labute approximate surface area is 156 Å². The molecule has 146 valence electrons. The maximum absolute atomic E-state index is 11.8. The van der Waals surface area contributed by atoms with E-state index >= 15 is 0 Å². The first kappa shape index (κ1) is 23.5. The lowest BCUT2D eigenvalue weighted by atomic mass is 10.0. The summed E-state index contributed by atoms with van der Waals surface area (Å²) in [6.45, 7) is 13.3. The van der Waals surface area contributed by atoms with Gasteiger partial charge < -0.3 is 20.8 Å². The highest BCUT2D eigenvalue weighted by atomic mass is 16.6. The lowest BCUT2D eigenvalue weighted by molar-refractivity contribution is -0.120. The van der Waals surface area contributed by atoms with Gasteiger partial charge in [0.15, 0.2) is 0 Å². The van der Waals surface area contributed by atoms with Crippen molar-refractivity contribution in [3.8, 4) is 0 Å². The first-order valence-corrected chi connectivity index (χ1v) is 9.10. The minimum atomic E-state index is -0.825. The molecule has 1 heterocycles. The number of ether oxygens (including phenoxy) is 1. The number of amides is 2. The second kappa shape index (κ2) is 11.2. The number of H-pyrrole nitrogens is 1. The zero-order valence-electron chi connectivity index (χ0n) is 17.0. The van der Waals surface area contributed by atoms with Gasteiger partial charge in [0.05, 0.1) is 0 Å². The summed E-state index contributed by atoms with van der Waals surface area (Å²) >= 11 is 0. The van der Waals surface area contributed by atoms with E-state index in [2.05, 4.69) is 10.3 Å². The molecule has 2 rings (SSSR count). The molecule has 2 aromatic rings. The molecule has 6 heteroatoms. The van der Waals surface area contributed by atoms with Crippen LogP contribution < -0.4 is 11.1 Å². The number of fused-ring (bicyclic) bond motifs is 1. The van der Waals surface area contributed by atoms with E-state index in [1.54, 1.807) is 20.8 Å². The number of carbonyl (C=O) groups is 2. The van der Waals surface area contributed by atoms with Crippen molar-refractivity contribution in [2.24, 2.45) is 5.73 Å². The standard InChI is InChI=1S/C16H21N3O3.2C2H6/c1-16(2,3)22-15(21)19-13(14(17)20)8-10-9-18-12-7-5-4-6-11(10)12;2*1-2/h4-7,9,13,18H,8H2,1-3H3,(H2,17,20)(H,19,21);2*1-2H3. The molecule has 1 aromatic heterocycles. The number of aromatic nitrogens is 1. The van der Waals surface area contributed by atoms with E-state index < -0.39 is 23.6 Å². The van der Waals surface area contributed by atoms with Crippen LogP contribution in [0.3, 0.4) is 0 Å². The van der Waals surface area contributed by atoms with Crippen LogP contribution in [0, 0.1) is 0 Å². The molecule has 6 nitrogen and oxygen atoms in total. The third-order valence-corrected chi connectivity index (χ3v) is 3.13. The zero-order chi connectivity index (χ0) is 20.3. The van der Waals surface area contributed by atoms with Gasteiger partial charge in [-0.2, -0.15) is 0 Å². The number of nitrogens with two attached hydrogens (primary N) is 1. The van der Waals surface area contributed by atoms with Crippen molar-refractivity contribution in [3.63, 3.8) is 0 Å². The molecule has 1 atom stereocenters. The van der Waals surface area contributed by atoms with E-state index in [4.69, 9.17) is 10.5 Å². The number of alkyl carbamates (subject to hydrolysis) is 1. The molecule has 4 N–H and O–H groups in total. The van der Waals surface area contributed by atoms with Gasteiger partial charge in [-0.05, 0) is 32.4 Å². The van der Waals surface area contributed by atoms with Gasteiger partial charge in [-0.1, -0.05) is 45.9 Å². The minimum absolute atomic E-state index is 0.304. The maximum Gasteiger partial charge on any atom is 0.408 e. The largest absolute Gasteiger partial charge is 0.444 e. The van der Waals surface area contributed by atoms with Crippen LogP contribution in [-0.4, -0.2) is 28.6 Å². The third kappa shape index (κ3) is 7.59. The number of rotatable bonds is 4. The molecule has 1 unspecified atom stereocenters. The van der Waals surface area contributed by atoms with E-state index in [1.165, 1.54) is 0 Å². The van der Waals surface area contributed by atoms with E-state index in [-0.39, 0.29) is 0 Å². The van der Waals surface area contributed by atoms with Gasteiger partial charge in [-0.25, -0.2) is 4.79 Å². The number of benzene rings is 1. The van der Waals surface area contributed by atoms with Crippen molar-refractivity contribution in [2.75, 3.05) is 0 Å². The summed E-state index contributed by atoms with van der Waals surface area (Å²) in [5, 5.41) is 3.53. The molecule has 0 aliphatic heterocycles. The molecule has 0 saturated carbocycles. The fourth-order valence-corrected chi connectivity index (χ4v) is 2.19. The number of nitrogens with one attached hydrogen (secondary N) is 2. The van der Waals surface area contributed by atoms with Gasteiger partial charge in [-0.3, -0.25) is 4.79 Å². The smallest absolute Gasteiger partial charge is 0.408 e. The first-order chi connectivity index (χ1) is 12.3. The molecule has 26 heavy (non-hydrogen) atoms. The molecular formula is C20H33N3O3. The lowest BCUT2D eigenvalue weighted by Gasteiger charge is -2.22. The Morgan fingerprint density at radius 2 is 1.73 bits per heavy atom. The average molecular weight is 364 g/mol. The fraction of sp³-hybridized carbons (Fsp3) is 0.500. The third-order valence-electron chi connectivity index (χ3n) is 3.13. The molecule has 0 bridgehead atoms. The normalized spacial score (nSPS) is 11.3. The Morgan fingerprint density at radius 3 is 2.27 bits per heavy atom. The molecule has 2 amide bonds. The van der Waals surface area contributed by atoms with E-state index in [9.17, 15) is 9.59 Å². The molecule has 0 spiro atoms. The summed E-state index contributed by atoms with van der Waals surface area (Å²) in [6.07, 6.45) is 1.46. The minimum Gasteiger partial charge on any atom is -0.444 e. The molecule has 0 fully saturated rings. The Bertz CT molecular complexity index is 687. The molecule has 0 saturated heterocycles. The highest BCUT2D eigenvalue weighted by Crippen LogP contribution is 2.19. The predicted molar refractivity (Wildman–Crippen MR) is 107 cm³/mol. The number of para-hydroxylation sites is 1. The van der Waals surface area contributed by atoms with Crippen LogP contribution >= 0.6 is 0 Å². The molecule has 0 aliphatic carbocycles. The number of primary amides is 1. The number of hydrogen-bond donors (Lipinski definition) is 3. The van der Waals surface area contributed by atoms with E-state index in [0.717, 1.165) is 16.5 Å². The summed E-state index contributed by atoms with van der Waals surface area (Å²) < 4.78 is 5.16. The molecule has 0 aliphatic rings. The second-order valence-electron chi connectivity index (χ2n) is 6.16. The topological polar surface area (TPSA) is 97.2 Å². The second-order valence-corrected chi connectivity index (χ2v) is 6.16. The van der Waals surface area contributed by atoms with Crippen molar-refractivity contribution >= 4 is 22.9 Å². The number of hydrogen-bond acceptors (Lipinski definition) is 3. The Balaban J connectivity index is 0.00000146. The summed E-state index contributed by atoms with van der Waals surface area (Å²) in [4.78, 5) is 26.5. The van der Waals surface area contributed by atoms with Gasteiger partial charge >= 0.3 is 6.09 Å². The van der Waals surface area contributed by atoms with Crippen LogP contribution in [0.2, 0.25) is 0 Å². The summed E-state index contributed by atoms with van der Waals surface area (Å²) in [5.74, 6) is -0.601. The lowest BCUT2D eigenvalue weighted by Crippen LogP contribution is -2.47. The van der Waals surface area contributed by atoms with Gasteiger partial charge in [0, 0.05) is 23.5 Å². The van der Waals surface area contributed by atoms with Crippen LogP contribution in [0.1, 0.15) is 54.0 Å². The molecular weight excluding hydrogens is 330 g/mol. The van der Waals surface area contributed by atoms with Crippen LogP contribution in [0.5, 0.6) is 0 Å². The van der Waals surface area contributed by atoms with Crippen LogP contribution in [0.25, 0.3) is 10.9 Å². The monoisotopic (exact) mass is 363 g/mol. The van der Waals surface area contributed by atoms with Crippen molar-refractivity contribution < 1.29 is 14.3 Å². The molecule has 1 aromatic carbocycles. The van der Waals surface area contributed by atoms with Crippen molar-refractivity contribution in [2.45, 2.75) is 66.5 Å². The Hall–Kier alpha value is -2.50. The van der Waals surface area contributed by atoms with Crippen molar-refractivity contribution in [1.29, 1.82) is 0 Å². The predicted octanol–water partition coefficient (Wildman–Crippen LogP) is 4.14. The summed E-state index contributed by atoms with van der Waals surface area (Å²) in [5.41, 5.74) is 6.64. The average Bonchev–Trinajstić information content (AvgIpc) is 2.99. The summed E-state index contributed by atoms with van der Waals surface area (Å²) in [6, 6.07) is 6.91. The van der Waals surface area contributed by atoms with Crippen LogP contribution in [-0.2, 0) is 16.0 Å². The van der Waals surface area contributed by atoms with E-state index in [0.29, 0.717) is 6.42 Å². The van der Waals surface area contributed by atoms with Crippen molar-refractivity contribution in [1.82, 2.24) is 10.3 Å². The SMILES string of the molecule is CC.CC.CC(C)(C)OC(=O)NC(Cc1c[nH]c2ccccc12)C(N)=O. The number of aromatic amines is 1. The quantitative estimate of drug-likeness (QED) is 0.761. The highest BCUT2D eigenvalue weighted by Gasteiger charge is 2.23. The van der Waals surface area contributed by atoms with Crippen LogP contribution in [0.15, 0.2) is 30.5 Å².